The van der Waals surface area contributed by atoms with Crippen LogP contribution in [0.5, 0.6) is 0 Å². The van der Waals surface area contributed by atoms with E-state index in [0.717, 1.165) is 30.8 Å². The first-order chi connectivity index (χ1) is 16.5. The quantitative estimate of drug-likeness (QED) is 0.586. The lowest BCUT2D eigenvalue weighted by Crippen LogP contribution is -2.42. The van der Waals surface area contributed by atoms with Gasteiger partial charge in [0.05, 0.1) is 18.0 Å². The molecule has 0 radical (unpaired) electrons. The van der Waals surface area contributed by atoms with Crippen molar-refractivity contribution in [1.29, 1.82) is 0 Å². The number of hydrogen-bond acceptors (Lipinski definition) is 5. The Hall–Kier alpha value is -3.49. The minimum Gasteiger partial charge on any atom is -0.390 e. The predicted octanol–water partition coefficient (Wildman–Crippen LogP) is 1.77. The second kappa shape index (κ2) is 9.40. The number of carbonyl (C=O) groups is 2. The Morgan fingerprint density at radius 3 is 2.71 bits per heavy atom. The van der Waals surface area contributed by atoms with E-state index in [1.807, 2.05) is 19.3 Å². The van der Waals surface area contributed by atoms with Crippen molar-refractivity contribution in [2.45, 2.75) is 25.5 Å². The van der Waals surface area contributed by atoms with Crippen molar-refractivity contribution >= 4 is 17.5 Å². The van der Waals surface area contributed by atoms with E-state index < -0.39 is 6.10 Å². The predicted molar refractivity (Wildman–Crippen MR) is 129 cm³/mol. The maximum absolute atomic E-state index is 12.9. The molecule has 2 aliphatic rings. The van der Waals surface area contributed by atoms with E-state index in [-0.39, 0.29) is 18.4 Å². The number of aliphatic hydroxyl groups is 1. The Labute approximate surface area is 198 Å². The zero-order valence-corrected chi connectivity index (χ0v) is 19.3. The summed E-state index contributed by atoms with van der Waals surface area (Å²) < 4.78 is 1.67. The Kier molecular flexibility index (Phi) is 6.17. The minimum atomic E-state index is -0.651. The van der Waals surface area contributed by atoms with Gasteiger partial charge in [0.25, 0.3) is 11.8 Å². The number of amides is 2. The normalized spacial score (nSPS) is 16.6. The van der Waals surface area contributed by atoms with E-state index >= 15 is 0 Å². The summed E-state index contributed by atoms with van der Waals surface area (Å²) in [4.78, 5) is 29.6. The summed E-state index contributed by atoms with van der Waals surface area (Å²) in [7, 11) is 1.82. The fourth-order valence-corrected chi connectivity index (χ4v) is 4.81. The number of aliphatic hydroxyl groups excluding tert-OH is 1. The molecule has 0 unspecified atom stereocenters. The van der Waals surface area contributed by atoms with Gasteiger partial charge in [0.2, 0.25) is 0 Å². The van der Waals surface area contributed by atoms with Gasteiger partial charge < -0.3 is 15.3 Å². The Morgan fingerprint density at radius 1 is 1.12 bits per heavy atom. The van der Waals surface area contributed by atoms with Gasteiger partial charge in [0.15, 0.2) is 0 Å². The molecule has 8 heteroatoms. The fraction of sp³-hybridized carbons (Fsp3) is 0.346. The lowest BCUT2D eigenvalue weighted by Gasteiger charge is -2.30. The van der Waals surface area contributed by atoms with Gasteiger partial charge >= 0.3 is 0 Å². The number of carbonyl (C=O) groups excluding carboxylic acids is 2. The number of fused-ring (bicyclic) bond motifs is 2. The molecule has 5 rings (SSSR count). The number of aromatic nitrogens is 2. The lowest BCUT2D eigenvalue weighted by molar-refractivity contribution is 0.0841. The summed E-state index contributed by atoms with van der Waals surface area (Å²) in [5.41, 5.74) is 5.42. The molecular weight excluding hydrogens is 430 g/mol. The molecular formula is C26H29N5O3. The number of nitrogens with zero attached hydrogens (tertiary/aromatic N) is 4. The number of hydrogen-bond donors (Lipinski definition) is 2. The Balaban J connectivity index is 1.16. The second-order valence-corrected chi connectivity index (χ2v) is 9.07. The van der Waals surface area contributed by atoms with Crippen molar-refractivity contribution in [3.63, 3.8) is 0 Å². The fourth-order valence-electron chi connectivity index (χ4n) is 4.81. The molecule has 2 aromatic carbocycles. The van der Waals surface area contributed by atoms with E-state index in [0.29, 0.717) is 30.6 Å². The van der Waals surface area contributed by atoms with Crippen LogP contribution in [0.3, 0.4) is 0 Å². The van der Waals surface area contributed by atoms with Crippen LogP contribution in [0.15, 0.2) is 54.9 Å². The molecule has 1 aromatic heterocycles. The highest BCUT2D eigenvalue weighted by Gasteiger charge is 2.27. The van der Waals surface area contributed by atoms with Crippen LogP contribution >= 0.6 is 0 Å². The topological polar surface area (TPSA) is 90.7 Å². The summed E-state index contributed by atoms with van der Waals surface area (Å²) >= 11 is 0. The molecule has 3 heterocycles. The Morgan fingerprint density at radius 2 is 1.91 bits per heavy atom. The summed E-state index contributed by atoms with van der Waals surface area (Å²) in [5.74, 6) is -0.326. The third kappa shape index (κ3) is 4.60. The molecule has 8 nitrogen and oxygen atoms in total. The third-order valence-electron chi connectivity index (χ3n) is 6.63. The van der Waals surface area contributed by atoms with Crippen molar-refractivity contribution in [1.82, 2.24) is 20.0 Å². The van der Waals surface area contributed by atoms with Crippen LogP contribution in [-0.2, 0) is 26.4 Å². The zero-order valence-electron chi connectivity index (χ0n) is 19.3. The highest BCUT2D eigenvalue weighted by molar-refractivity contribution is 6.08. The molecule has 176 valence electrons. The van der Waals surface area contributed by atoms with Crippen molar-refractivity contribution in [2.24, 2.45) is 7.05 Å². The van der Waals surface area contributed by atoms with E-state index in [2.05, 4.69) is 33.5 Å². The van der Waals surface area contributed by atoms with Gasteiger partial charge in [-0.1, -0.05) is 24.3 Å². The summed E-state index contributed by atoms with van der Waals surface area (Å²) in [6.45, 7) is 2.95. The molecule has 0 saturated carbocycles. The van der Waals surface area contributed by atoms with Gasteiger partial charge in [-0.2, -0.15) is 5.10 Å². The largest absolute Gasteiger partial charge is 0.390 e. The smallest absolute Gasteiger partial charge is 0.258 e. The highest BCUT2D eigenvalue weighted by Crippen LogP contribution is 2.25. The van der Waals surface area contributed by atoms with Crippen molar-refractivity contribution < 1.29 is 14.7 Å². The van der Waals surface area contributed by atoms with Crippen LogP contribution in [0.1, 0.15) is 37.4 Å². The van der Waals surface area contributed by atoms with E-state index in [1.165, 1.54) is 11.1 Å². The number of β-amino-alcohol motifs (C(OH)–C–C–N with tert-alkyl or cyclic N) is 1. The minimum absolute atomic E-state index is 0.0836. The molecule has 0 bridgehead atoms. The van der Waals surface area contributed by atoms with Crippen molar-refractivity contribution in [3.8, 4) is 0 Å². The summed E-state index contributed by atoms with van der Waals surface area (Å²) in [6, 6.07) is 13.6. The first kappa shape index (κ1) is 22.3. The highest BCUT2D eigenvalue weighted by atomic mass is 16.3. The van der Waals surface area contributed by atoms with Crippen LogP contribution in [0.4, 0.5) is 5.69 Å². The number of anilines is 1. The van der Waals surface area contributed by atoms with Crippen LogP contribution < -0.4 is 10.2 Å². The van der Waals surface area contributed by atoms with E-state index in [4.69, 9.17) is 0 Å². The van der Waals surface area contributed by atoms with Gasteiger partial charge in [-0.3, -0.25) is 19.2 Å². The van der Waals surface area contributed by atoms with Crippen LogP contribution in [0.25, 0.3) is 0 Å². The van der Waals surface area contributed by atoms with E-state index in [9.17, 15) is 14.7 Å². The maximum atomic E-state index is 12.9. The number of aryl methyl sites for hydroxylation is 1. The van der Waals surface area contributed by atoms with Gasteiger partial charge in [0, 0.05) is 57.1 Å². The van der Waals surface area contributed by atoms with Crippen molar-refractivity contribution in [2.75, 3.05) is 31.1 Å². The third-order valence-corrected chi connectivity index (χ3v) is 6.63. The molecule has 0 fully saturated rings. The number of rotatable bonds is 6. The van der Waals surface area contributed by atoms with Gasteiger partial charge in [-0.25, -0.2) is 0 Å². The van der Waals surface area contributed by atoms with Gasteiger partial charge in [-0.15, -0.1) is 0 Å². The first-order valence-electron chi connectivity index (χ1n) is 11.7. The average Bonchev–Trinajstić information content (AvgIpc) is 3.28. The van der Waals surface area contributed by atoms with Crippen LogP contribution in [0, 0.1) is 0 Å². The lowest BCUT2D eigenvalue weighted by atomic mass is 9.96. The molecule has 1 atom stereocenters. The molecule has 2 N–H and O–H groups in total. The van der Waals surface area contributed by atoms with Gasteiger partial charge in [-0.05, 0) is 47.7 Å². The van der Waals surface area contributed by atoms with Crippen LogP contribution in [0.2, 0.25) is 0 Å². The monoisotopic (exact) mass is 459 g/mol. The molecule has 2 amide bonds. The molecule has 0 spiro atoms. The molecule has 2 aliphatic heterocycles. The average molecular weight is 460 g/mol. The standard InChI is InChI=1S/C26H29N5O3/c1-29-16-22(13-28-29)31-11-9-19-12-20(6-7-24(19)26(31)34)25(33)27-14-23(32)17-30-10-8-18-4-2-3-5-21(18)15-30/h2-7,12-13,16,23,32H,8-11,14-15,17H2,1H3,(H,27,33)/t23-/m0/s1. The SMILES string of the molecule is Cn1cc(N2CCc3cc(C(=O)NC[C@H](O)CN4CCc5ccccc5C4)ccc3C2=O)cn1. The number of nitrogens with one attached hydrogen (secondary N) is 1. The molecule has 0 saturated heterocycles. The summed E-state index contributed by atoms with van der Waals surface area (Å²) in [6.07, 6.45) is 4.48. The maximum Gasteiger partial charge on any atom is 0.258 e. The molecule has 34 heavy (non-hydrogen) atoms. The molecule has 0 aliphatic carbocycles. The first-order valence-corrected chi connectivity index (χ1v) is 11.7. The Bertz CT molecular complexity index is 1220. The van der Waals surface area contributed by atoms with Gasteiger partial charge in [0.1, 0.15) is 0 Å². The van der Waals surface area contributed by atoms with E-state index in [1.54, 1.807) is 34.0 Å². The summed E-state index contributed by atoms with van der Waals surface area (Å²) in [5, 5.41) is 17.5. The van der Waals surface area contributed by atoms with Crippen molar-refractivity contribution in [3.05, 3.63) is 82.7 Å². The zero-order chi connectivity index (χ0) is 23.7. The second-order valence-electron chi connectivity index (χ2n) is 9.07. The van der Waals surface area contributed by atoms with Crippen LogP contribution in [-0.4, -0.2) is 63.9 Å². The molecule has 3 aromatic rings. The number of benzene rings is 2.